The fourth-order valence-corrected chi connectivity index (χ4v) is 1.05. The Morgan fingerprint density at radius 1 is 0.692 bits per heavy atom. The van der Waals surface area contributed by atoms with Gasteiger partial charge in [0.15, 0.2) is 0 Å². The Bertz CT molecular complexity index is 215. The third-order valence-corrected chi connectivity index (χ3v) is 1.88. The second kappa shape index (κ2) is 4.72. The Kier molecular flexibility index (Phi) is 4.28. The van der Waals surface area contributed by atoms with E-state index < -0.39 is 0 Å². The molecule has 2 N–H and O–H groups in total. The first-order valence-electron chi connectivity index (χ1n) is 4.06. The van der Waals surface area contributed by atoms with Crippen molar-refractivity contribution in [2.24, 2.45) is 0 Å². The van der Waals surface area contributed by atoms with Crippen LogP contribution < -0.4 is 9.80 Å². The van der Waals surface area contributed by atoms with Gasteiger partial charge < -0.3 is 15.3 Å². The number of anilines is 2. The molecule has 0 amide bonds. The van der Waals surface area contributed by atoms with Gasteiger partial charge in [0.2, 0.25) is 0 Å². The minimum absolute atomic E-state index is 0. The van der Waals surface area contributed by atoms with Crippen LogP contribution in [0.5, 0.6) is 0 Å². The van der Waals surface area contributed by atoms with Crippen molar-refractivity contribution in [3.63, 3.8) is 0 Å². The second-order valence-electron chi connectivity index (χ2n) is 3.31. The number of nitrogens with zero attached hydrogens (tertiary/aromatic N) is 2. The molecule has 0 aromatic heterocycles. The van der Waals surface area contributed by atoms with Gasteiger partial charge in [-0.15, -0.1) is 0 Å². The predicted octanol–water partition coefficient (Wildman–Crippen LogP) is 0.994. The molecule has 0 aliphatic carbocycles. The molecule has 0 unspecified atom stereocenters. The Hall–Kier alpha value is -1.22. The van der Waals surface area contributed by atoms with E-state index >= 15 is 0 Å². The van der Waals surface area contributed by atoms with E-state index in [0.29, 0.717) is 0 Å². The first kappa shape index (κ1) is 11.8. The summed E-state index contributed by atoms with van der Waals surface area (Å²) in [5.41, 5.74) is 2.47. The minimum atomic E-state index is 0. The predicted molar refractivity (Wildman–Crippen MR) is 58.7 cm³/mol. The summed E-state index contributed by atoms with van der Waals surface area (Å²) in [6, 6.07) is 8.48. The zero-order valence-electron chi connectivity index (χ0n) is 8.70. The van der Waals surface area contributed by atoms with Crippen molar-refractivity contribution in [1.29, 1.82) is 0 Å². The zero-order valence-corrected chi connectivity index (χ0v) is 8.70. The molecule has 0 saturated heterocycles. The highest BCUT2D eigenvalue weighted by Gasteiger charge is 1.96. The van der Waals surface area contributed by atoms with Crippen LogP contribution in [0.1, 0.15) is 0 Å². The average molecular weight is 182 g/mol. The summed E-state index contributed by atoms with van der Waals surface area (Å²) < 4.78 is 0. The molecule has 0 aliphatic rings. The highest BCUT2D eigenvalue weighted by atomic mass is 16.0. The number of benzene rings is 1. The summed E-state index contributed by atoms with van der Waals surface area (Å²) in [5.74, 6) is 0. The van der Waals surface area contributed by atoms with E-state index in [1.165, 1.54) is 11.4 Å². The lowest BCUT2D eigenvalue weighted by molar-refractivity contribution is 0.824. The molecular formula is C10H18N2O. The van der Waals surface area contributed by atoms with Crippen molar-refractivity contribution in [3.8, 4) is 0 Å². The lowest BCUT2D eigenvalue weighted by Gasteiger charge is -2.16. The maximum Gasteiger partial charge on any atom is 0.0362 e. The van der Waals surface area contributed by atoms with Crippen LogP contribution in [0.15, 0.2) is 24.3 Å². The monoisotopic (exact) mass is 182 g/mol. The summed E-state index contributed by atoms with van der Waals surface area (Å²) in [6.45, 7) is 0. The van der Waals surface area contributed by atoms with E-state index in [0.717, 1.165) is 0 Å². The van der Waals surface area contributed by atoms with Crippen LogP contribution in [-0.2, 0) is 0 Å². The van der Waals surface area contributed by atoms with Crippen molar-refractivity contribution in [2.45, 2.75) is 0 Å². The molecular weight excluding hydrogens is 164 g/mol. The number of hydrogen-bond donors (Lipinski definition) is 0. The van der Waals surface area contributed by atoms with Crippen molar-refractivity contribution in [1.82, 2.24) is 0 Å². The highest BCUT2D eigenvalue weighted by Crippen LogP contribution is 2.16. The topological polar surface area (TPSA) is 38.0 Å². The molecule has 3 nitrogen and oxygen atoms in total. The van der Waals surface area contributed by atoms with E-state index in [1.807, 2.05) is 28.2 Å². The third kappa shape index (κ3) is 2.95. The second-order valence-corrected chi connectivity index (χ2v) is 3.31. The zero-order chi connectivity index (χ0) is 9.14. The average Bonchev–Trinajstić information content (AvgIpc) is 2.04. The van der Waals surface area contributed by atoms with Gasteiger partial charge in [0.25, 0.3) is 0 Å². The maximum absolute atomic E-state index is 2.12. The molecule has 1 aromatic carbocycles. The van der Waals surface area contributed by atoms with Crippen LogP contribution in [0.2, 0.25) is 0 Å². The van der Waals surface area contributed by atoms with Gasteiger partial charge in [0.1, 0.15) is 0 Å². The van der Waals surface area contributed by atoms with E-state index in [-0.39, 0.29) is 5.48 Å². The molecule has 0 radical (unpaired) electrons. The van der Waals surface area contributed by atoms with Gasteiger partial charge in [0, 0.05) is 39.6 Å². The Morgan fingerprint density at radius 3 is 1.08 bits per heavy atom. The summed E-state index contributed by atoms with van der Waals surface area (Å²) in [5, 5.41) is 0. The van der Waals surface area contributed by atoms with Crippen LogP contribution >= 0.6 is 0 Å². The smallest absolute Gasteiger partial charge is 0.0362 e. The van der Waals surface area contributed by atoms with Crippen molar-refractivity contribution < 1.29 is 5.48 Å². The van der Waals surface area contributed by atoms with Gasteiger partial charge in [-0.25, -0.2) is 0 Å². The van der Waals surface area contributed by atoms with E-state index in [1.54, 1.807) is 0 Å². The van der Waals surface area contributed by atoms with Gasteiger partial charge in [0.05, 0.1) is 0 Å². The van der Waals surface area contributed by atoms with Crippen LogP contribution in [0.25, 0.3) is 0 Å². The van der Waals surface area contributed by atoms with E-state index in [2.05, 4.69) is 34.1 Å². The highest BCUT2D eigenvalue weighted by molar-refractivity contribution is 5.54. The van der Waals surface area contributed by atoms with E-state index in [4.69, 9.17) is 0 Å². The van der Waals surface area contributed by atoms with Crippen LogP contribution in [0.3, 0.4) is 0 Å². The van der Waals surface area contributed by atoms with Gasteiger partial charge in [-0.1, -0.05) is 0 Å². The van der Waals surface area contributed by atoms with Gasteiger partial charge >= 0.3 is 0 Å². The molecule has 3 heteroatoms. The van der Waals surface area contributed by atoms with Crippen molar-refractivity contribution >= 4 is 11.4 Å². The molecule has 1 rings (SSSR count). The molecule has 0 spiro atoms. The van der Waals surface area contributed by atoms with Crippen LogP contribution in [-0.4, -0.2) is 33.7 Å². The van der Waals surface area contributed by atoms with Gasteiger partial charge in [-0.3, -0.25) is 0 Å². The molecule has 0 atom stereocenters. The minimum Gasteiger partial charge on any atom is -0.412 e. The molecule has 1 aromatic rings. The molecule has 0 bridgehead atoms. The van der Waals surface area contributed by atoms with Crippen LogP contribution in [0.4, 0.5) is 11.4 Å². The van der Waals surface area contributed by atoms with Crippen molar-refractivity contribution in [3.05, 3.63) is 24.3 Å². The normalized spacial score (nSPS) is 8.92. The van der Waals surface area contributed by atoms with Crippen molar-refractivity contribution in [2.75, 3.05) is 38.0 Å². The molecule has 74 valence electrons. The first-order valence-corrected chi connectivity index (χ1v) is 4.06. The lowest BCUT2D eigenvalue weighted by Crippen LogP contribution is -2.10. The number of hydrogen-bond acceptors (Lipinski definition) is 2. The molecule has 0 aliphatic heterocycles. The molecule has 13 heavy (non-hydrogen) atoms. The quantitative estimate of drug-likeness (QED) is 0.684. The third-order valence-electron chi connectivity index (χ3n) is 1.88. The summed E-state index contributed by atoms with van der Waals surface area (Å²) in [7, 11) is 8.19. The lowest BCUT2D eigenvalue weighted by atomic mass is 10.2. The van der Waals surface area contributed by atoms with E-state index in [9.17, 15) is 0 Å². The molecule has 0 heterocycles. The summed E-state index contributed by atoms with van der Waals surface area (Å²) in [4.78, 5) is 4.19. The molecule has 0 fully saturated rings. The summed E-state index contributed by atoms with van der Waals surface area (Å²) in [6.07, 6.45) is 0. The SMILES string of the molecule is CN(C)c1ccc(N(C)C)cc1.O. The Balaban J connectivity index is 0.00000144. The Labute approximate surface area is 79.9 Å². The fraction of sp³-hybridized carbons (Fsp3) is 0.400. The number of rotatable bonds is 2. The van der Waals surface area contributed by atoms with Crippen LogP contribution in [0, 0.1) is 0 Å². The standard InChI is InChI=1S/C10H16N2.H2O/c1-11(2)9-5-7-10(8-6-9)12(3)4;/h5-8H,1-4H3;1H2. The first-order chi connectivity index (χ1) is 5.61. The Morgan fingerprint density at radius 2 is 0.923 bits per heavy atom. The fourth-order valence-electron chi connectivity index (χ4n) is 1.05. The largest absolute Gasteiger partial charge is 0.412 e. The maximum atomic E-state index is 2.12. The van der Waals surface area contributed by atoms with Gasteiger partial charge in [-0.2, -0.15) is 0 Å². The molecule has 0 saturated carbocycles. The summed E-state index contributed by atoms with van der Waals surface area (Å²) >= 11 is 0. The van der Waals surface area contributed by atoms with Gasteiger partial charge in [-0.05, 0) is 24.3 Å².